The van der Waals surface area contributed by atoms with Crippen molar-refractivity contribution in [3.05, 3.63) is 34.9 Å². The normalized spacial score (nSPS) is 21.7. The fourth-order valence-corrected chi connectivity index (χ4v) is 4.04. The Morgan fingerprint density at radius 3 is 2.82 bits per heavy atom. The Kier molecular flexibility index (Phi) is 4.52. The van der Waals surface area contributed by atoms with Gasteiger partial charge in [0, 0.05) is 6.04 Å². The van der Waals surface area contributed by atoms with E-state index >= 15 is 0 Å². The summed E-state index contributed by atoms with van der Waals surface area (Å²) in [6.45, 7) is 7.68. The summed E-state index contributed by atoms with van der Waals surface area (Å²) in [7, 11) is 0. The number of hydrogen-bond acceptors (Lipinski definition) is 2. The van der Waals surface area contributed by atoms with Gasteiger partial charge in [-0.1, -0.05) is 30.7 Å². The van der Waals surface area contributed by atoms with Crippen LogP contribution in [-0.4, -0.2) is 18.1 Å². The molecule has 2 rings (SSSR count). The van der Waals surface area contributed by atoms with Gasteiger partial charge >= 0.3 is 0 Å². The van der Waals surface area contributed by atoms with Crippen molar-refractivity contribution in [2.45, 2.75) is 33.2 Å². The summed E-state index contributed by atoms with van der Waals surface area (Å²) in [4.78, 5) is 0. The molecule has 2 unspecified atom stereocenters. The monoisotopic (exact) mass is 249 g/mol. The number of thioether (sulfide) groups is 1. The van der Waals surface area contributed by atoms with Crippen LogP contribution in [-0.2, 0) is 0 Å². The summed E-state index contributed by atoms with van der Waals surface area (Å²) in [6.07, 6.45) is 1.36. The summed E-state index contributed by atoms with van der Waals surface area (Å²) < 4.78 is 0. The minimum atomic E-state index is 0.551. The minimum absolute atomic E-state index is 0.551. The van der Waals surface area contributed by atoms with Crippen molar-refractivity contribution < 1.29 is 0 Å². The lowest BCUT2D eigenvalue weighted by atomic mass is 9.89. The van der Waals surface area contributed by atoms with Crippen LogP contribution < -0.4 is 5.32 Å². The molecule has 1 aliphatic heterocycles. The zero-order valence-corrected chi connectivity index (χ0v) is 11.9. The third kappa shape index (κ3) is 3.05. The molecular formula is C15H23NS. The molecule has 2 atom stereocenters. The van der Waals surface area contributed by atoms with E-state index in [4.69, 9.17) is 0 Å². The molecule has 0 aliphatic carbocycles. The van der Waals surface area contributed by atoms with E-state index in [1.165, 1.54) is 34.6 Å². The maximum absolute atomic E-state index is 3.69. The first-order chi connectivity index (χ1) is 8.22. The van der Waals surface area contributed by atoms with Crippen molar-refractivity contribution in [3.8, 4) is 0 Å². The molecule has 0 amide bonds. The molecular weight excluding hydrogens is 226 g/mol. The standard InChI is InChI=1S/C15H23NS/c1-4-16-15(13-7-8-17-10-13)14-6-5-11(2)9-12(14)3/h5-6,9,13,15-16H,4,7-8,10H2,1-3H3. The number of nitrogens with one attached hydrogen (secondary N) is 1. The van der Waals surface area contributed by atoms with Crippen LogP contribution in [0.15, 0.2) is 18.2 Å². The molecule has 2 heteroatoms. The zero-order valence-electron chi connectivity index (χ0n) is 11.1. The molecule has 94 valence electrons. The lowest BCUT2D eigenvalue weighted by Gasteiger charge is -2.26. The van der Waals surface area contributed by atoms with Crippen LogP contribution >= 0.6 is 11.8 Å². The van der Waals surface area contributed by atoms with Gasteiger partial charge in [0.25, 0.3) is 0 Å². The van der Waals surface area contributed by atoms with Crippen LogP contribution in [0.3, 0.4) is 0 Å². The highest BCUT2D eigenvalue weighted by atomic mass is 32.2. The molecule has 17 heavy (non-hydrogen) atoms. The third-order valence-corrected chi connectivity index (χ3v) is 4.81. The number of benzene rings is 1. The minimum Gasteiger partial charge on any atom is -0.310 e. The summed E-state index contributed by atoms with van der Waals surface area (Å²) >= 11 is 2.10. The Labute approximate surface area is 109 Å². The third-order valence-electron chi connectivity index (χ3n) is 3.62. The Bertz CT molecular complexity index is 369. The number of aryl methyl sites for hydroxylation is 2. The van der Waals surface area contributed by atoms with Crippen LogP contribution in [0.25, 0.3) is 0 Å². The average Bonchev–Trinajstić information content (AvgIpc) is 2.80. The number of hydrogen-bond donors (Lipinski definition) is 1. The SMILES string of the molecule is CCNC(c1ccc(C)cc1C)C1CCSC1. The highest BCUT2D eigenvalue weighted by Gasteiger charge is 2.26. The second kappa shape index (κ2) is 5.92. The fourth-order valence-electron chi connectivity index (χ4n) is 2.74. The van der Waals surface area contributed by atoms with Gasteiger partial charge in [-0.15, -0.1) is 0 Å². The summed E-state index contributed by atoms with van der Waals surface area (Å²) in [6, 6.07) is 7.42. The van der Waals surface area contributed by atoms with E-state index in [-0.39, 0.29) is 0 Å². The van der Waals surface area contributed by atoms with Crippen LogP contribution in [0.4, 0.5) is 0 Å². The van der Waals surface area contributed by atoms with Crippen molar-refractivity contribution in [1.29, 1.82) is 0 Å². The van der Waals surface area contributed by atoms with E-state index in [1.807, 2.05) is 0 Å². The quantitative estimate of drug-likeness (QED) is 0.873. The second-order valence-electron chi connectivity index (χ2n) is 5.02. The van der Waals surface area contributed by atoms with Crippen LogP contribution in [0.5, 0.6) is 0 Å². The molecule has 1 N–H and O–H groups in total. The van der Waals surface area contributed by atoms with Gasteiger partial charge < -0.3 is 5.32 Å². The predicted octanol–water partition coefficient (Wildman–Crippen LogP) is 3.71. The van der Waals surface area contributed by atoms with Crippen LogP contribution in [0.1, 0.15) is 36.1 Å². The maximum atomic E-state index is 3.69. The van der Waals surface area contributed by atoms with E-state index in [1.54, 1.807) is 0 Å². The lowest BCUT2D eigenvalue weighted by Crippen LogP contribution is -2.28. The second-order valence-corrected chi connectivity index (χ2v) is 6.17. The maximum Gasteiger partial charge on any atom is 0.0359 e. The molecule has 0 saturated carbocycles. The Morgan fingerprint density at radius 1 is 1.41 bits per heavy atom. The fraction of sp³-hybridized carbons (Fsp3) is 0.600. The van der Waals surface area contributed by atoms with E-state index in [9.17, 15) is 0 Å². The summed E-state index contributed by atoms with van der Waals surface area (Å²) in [5.74, 6) is 3.45. The number of rotatable bonds is 4. The van der Waals surface area contributed by atoms with E-state index in [0.717, 1.165) is 12.5 Å². The Morgan fingerprint density at radius 2 is 2.24 bits per heavy atom. The smallest absolute Gasteiger partial charge is 0.0359 e. The largest absolute Gasteiger partial charge is 0.310 e. The molecule has 0 spiro atoms. The first-order valence-electron chi connectivity index (χ1n) is 6.60. The van der Waals surface area contributed by atoms with Crippen molar-refractivity contribution >= 4 is 11.8 Å². The molecule has 1 aromatic carbocycles. The van der Waals surface area contributed by atoms with Gasteiger partial charge in [0.2, 0.25) is 0 Å². The van der Waals surface area contributed by atoms with Gasteiger partial charge in [-0.3, -0.25) is 0 Å². The molecule has 0 aromatic heterocycles. The first-order valence-corrected chi connectivity index (χ1v) is 7.76. The molecule has 0 radical (unpaired) electrons. The van der Waals surface area contributed by atoms with Crippen LogP contribution in [0.2, 0.25) is 0 Å². The zero-order chi connectivity index (χ0) is 12.3. The average molecular weight is 249 g/mol. The van der Waals surface area contributed by atoms with Crippen molar-refractivity contribution in [3.63, 3.8) is 0 Å². The highest BCUT2D eigenvalue weighted by Crippen LogP contribution is 2.35. The molecule has 1 fully saturated rings. The Hall–Kier alpha value is -0.470. The molecule has 1 nitrogen and oxygen atoms in total. The van der Waals surface area contributed by atoms with Gasteiger partial charge in [0.1, 0.15) is 0 Å². The summed E-state index contributed by atoms with van der Waals surface area (Å²) in [5.41, 5.74) is 4.31. The molecule has 0 bridgehead atoms. The Balaban J connectivity index is 2.24. The van der Waals surface area contributed by atoms with Crippen molar-refractivity contribution in [2.75, 3.05) is 18.1 Å². The molecule has 1 aliphatic rings. The predicted molar refractivity (Wildman–Crippen MR) is 77.8 cm³/mol. The van der Waals surface area contributed by atoms with Gasteiger partial charge in [-0.25, -0.2) is 0 Å². The highest BCUT2D eigenvalue weighted by molar-refractivity contribution is 7.99. The van der Waals surface area contributed by atoms with Gasteiger partial charge in [-0.05, 0) is 55.4 Å². The van der Waals surface area contributed by atoms with E-state index < -0.39 is 0 Å². The molecule has 1 saturated heterocycles. The summed E-state index contributed by atoms with van der Waals surface area (Å²) in [5, 5.41) is 3.69. The van der Waals surface area contributed by atoms with Gasteiger partial charge in [0.05, 0.1) is 0 Å². The van der Waals surface area contributed by atoms with Gasteiger partial charge in [-0.2, -0.15) is 11.8 Å². The van der Waals surface area contributed by atoms with E-state index in [0.29, 0.717) is 6.04 Å². The topological polar surface area (TPSA) is 12.0 Å². The lowest BCUT2D eigenvalue weighted by molar-refractivity contribution is 0.400. The first kappa shape index (κ1) is 13.0. The van der Waals surface area contributed by atoms with Gasteiger partial charge in [0.15, 0.2) is 0 Å². The molecule has 1 aromatic rings. The van der Waals surface area contributed by atoms with E-state index in [2.05, 4.69) is 56.0 Å². The van der Waals surface area contributed by atoms with Crippen molar-refractivity contribution in [2.24, 2.45) is 5.92 Å². The van der Waals surface area contributed by atoms with Crippen LogP contribution in [0, 0.1) is 19.8 Å². The van der Waals surface area contributed by atoms with Crippen molar-refractivity contribution in [1.82, 2.24) is 5.32 Å². The molecule has 1 heterocycles.